The zero-order valence-electron chi connectivity index (χ0n) is 12.8. The summed E-state index contributed by atoms with van der Waals surface area (Å²) in [5.41, 5.74) is 0.398. The first kappa shape index (κ1) is 16.1. The normalized spacial score (nSPS) is 11.2. The third-order valence-electron chi connectivity index (χ3n) is 3.47. The van der Waals surface area contributed by atoms with Crippen molar-refractivity contribution in [3.63, 3.8) is 0 Å². The first-order valence-electron chi connectivity index (χ1n) is 7.23. The van der Waals surface area contributed by atoms with Gasteiger partial charge >= 0.3 is 0 Å². The van der Waals surface area contributed by atoms with Crippen molar-refractivity contribution in [3.05, 3.63) is 56.6 Å². The Morgan fingerprint density at radius 3 is 3.08 bits per heavy atom. The van der Waals surface area contributed by atoms with Crippen LogP contribution < -0.4 is 5.56 Å². The van der Waals surface area contributed by atoms with Gasteiger partial charge in [-0.2, -0.15) is 4.98 Å². The maximum atomic E-state index is 12.7. The number of rotatable bonds is 5. The summed E-state index contributed by atoms with van der Waals surface area (Å²) in [6, 6.07) is 3.81. The molecule has 0 unspecified atom stereocenters. The Morgan fingerprint density at radius 2 is 2.32 bits per heavy atom. The highest BCUT2D eigenvalue weighted by atomic mass is 32.1. The number of nitrogens with zero attached hydrogens (tertiary/aromatic N) is 5. The van der Waals surface area contributed by atoms with Crippen molar-refractivity contribution in [1.29, 1.82) is 0 Å². The fraction of sp³-hybridized carbons (Fsp3) is 0.133. The number of thiophene rings is 1. The van der Waals surface area contributed by atoms with E-state index in [1.807, 2.05) is 17.5 Å². The summed E-state index contributed by atoms with van der Waals surface area (Å²) in [4.78, 5) is 22.3. The molecule has 0 aromatic carbocycles. The molecule has 0 aliphatic carbocycles. The Hall–Kier alpha value is -2.43. The minimum Gasteiger partial charge on any atom is -0.333 e. The Labute approximate surface area is 154 Å². The van der Waals surface area contributed by atoms with Crippen LogP contribution in [0.4, 0.5) is 0 Å². The van der Waals surface area contributed by atoms with Crippen LogP contribution in [0.1, 0.15) is 5.82 Å². The molecular formula is C15H11N5O2S3. The zero-order valence-corrected chi connectivity index (χ0v) is 15.2. The topological polar surface area (TPSA) is 78.7 Å². The molecule has 4 heterocycles. The van der Waals surface area contributed by atoms with Gasteiger partial charge in [0.15, 0.2) is 15.4 Å². The number of aromatic nitrogens is 5. The van der Waals surface area contributed by atoms with Crippen LogP contribution in [0.5, 0.6) is 0 Å². The van der Waals surface area contributed by atoms with Gasteiger partial charge in [-0.15, -0.1) is 17.9 Å². The van der Waals surface area contributed by atoms with Crippen molar-refractivity contribution >= 4 is 45.2 Å². The van der Waals surface area contributed by atoms with Gasteiger partial charge in [-0.1, -0.05) is 28.6 Å². The highest BCUT2D eigenvalue weighted by molar-refractivity contribution is 7.73. The second-order valence-corrected chi connectivity index (χ2v) is 7.68. The molecule has 0 N–H and O–H groups in total. The first-order valence-corrected chi connectivity index (χ1v) is 9.34. The standard InChI is InChI=1S/C15H11N5O2S3/c1-2-5-20-12-11(25-15(20)23)14(21)19(8-16-12)7-10-17-13(22-18-10)9-4-3-6-24-9/h2-4,6,8H,1,5,7H2. The Bertz CT molecular complexity index is 1170. The molecule has 126 valence electrons. The number of hydrogen-bond donors (Lipinski definition) is 0. The lowest BCUT2D eigenvalue weighted by atomic mass is 10.4. The SMILES string of the molecule is C=CCn1c(=S)sc2c(=O)n(Cc3noc(-c4cccs4)n3)cnc21. The Morgan fingerprint density at radius 1 is 1.44 bits per heavy atom. The molecule has 0 aliphatic rings. The molecule has 0 spiro atoms. The molecule has 0 radical (unpaired) electrons. The van der Waals surface area contributed by atoms with Crippen molar-refractivity contribution < 1.29 is 4.52 Å². The summed E-state index contributed by atoms with van der Waals surface area (Å²) < 4.78 is 9.60. The molecule has 7 nitrogen and oxygen atoms in total. The van der Waals surface area contributed by atoms with Crippen LogP contribution >= 0.6 is 34.9 Å². The fourth-order valence-corrected chi connectivity index (χ4v) is 4.31. The molecule has 0 saturated carbocycles. The first-order chi connectivity index (χ1) is 12.2. The van der Waals surface area contributed by atoms with E-state index in [9.17, 15) is 4.79 Å². The quantitative estimate of drug-likeness (QED) is 0.385. The summed E-state index contributed by atoms with van der Waals surface area (Å²) >= 11 is 8.06. The molecule has 0 amide bonds. The van der Waals surface area contributed by atoms with Crippen molar-refractivity contribution in [1.82, 2.24) is 24.3 Å². The van der Waals surface area contributed by atoms with Crippen LogP contribution in [0.3, 0.4) is 0 Å². The lowest BCUT2D eigenvalue weighted by Crippen LogP contribution is -2.21. The number of hydrogen-bond acceptors (Lipinski definition) is 8. The highest BCUT2D eigenvalue weighted by Gasteiger charge is 2.14. The van der Waals surface area contributed by atoms with Gasteiger partial charge in [0.2, 0.25) is 0 Å². The molecule has 0 bridgehead atoms. The van der Waals surface area contributed by atoms with Crippen molar-refractivity contribution in [2.75, 3.05) is 0 Å². The van der Waals surface area contributed by atoms with E-state index in [1.54, 1.807) is 10.6 Å². The molecule has 0 fully saturated rings. The van der Waals surface area contributed by atoms with E-state index in [0.29, 0.717) is 32.6 Å². The van der Waals surface area contributed by atoms with E-state index < -0.39 is 0 Å². The summed E-state index contributed by atoms with van der Waals surface area (Å²) in [6.07, 6.45) is 3.20. The molecule has 4 aromatic rings. The third kappa shape index (κ3) is 2.88. The molecule has 4 rings (SSSR count). The van der Waals surface area contributed by atoms with Gasteiger partial charge in [-0.05, 0) is 23.7 Å². The van der Waals surface area contributed by atoms with E-state index in [0.717, 1.165) is 4.88 Å². The smallest absolute Gasteiger partial charge is 0.273 e. The third-order valence-corrected chi connectivity index (χ3v) is 5.75. The van der Waals surface area contributed by atoms with Crippen molar-refractivity contribution in [2.24, 2.45) is 0 Å². The van der Waals surface area contributed by atoms with Crippen LogP contribution in [0.15, 0.2) is 45.8 Å². The second-order valence-electron chi connectivity index (χ2n) is 5.09. The number of fused-ring (bicyclic) bond motifs is 1. The van der Waals surface area contributed by atoms with Gasteiger partial charge in [0, 0.05) is 6.54 Å². The van der Waals surface area contributed by atoms with Crippen LogP contribution in [-0.2, 0) is 13.1 Å². The Balaban J connectivity index is 1.71. The van der Waals surface area contributed by atoms with Crippen molar-refractivity contribution in [3.8, 4) is 10.8 Å². The summed E-state index contributed by atoms with van der Waals surface area (Å²) in [5, 5.41) is 5.87. The van der Waals surface area contributed by atoms with E-state index in [-0.39, 0.29) is 12.1 Å². The van der Waals surface area contributed by atoms with E-state index >= 15 is 0 Å². The molecule has 0 saturated heterocycles. The highest BCUT2D eigenvalue weighted by Crippen LogP contribution is 2.22. The summed E-state index contributed by atoms with van der Waals surface area (Å²) in [7, 11) is 0. The fourth-order valence-electron chi connectivity index (χ4n) is 2.35. The molecule has 25 heavy (non-hydrogen) atoms. The zero-order chi connectivity index (χ0) is 17.4. The summed E-state index contributed by atoms with van der Waals surface area (Å²) in [5.74, 6) is 0.862. The van der Waals surface area contributed by atoms with E-state index in [1.165, 1.54) is 33.6 Å². The predicted molar refractivity (Wildman–Crippen MR) is 99.6 cm³/mol. The van der Waals surface area contributed by atoms with E-state index in [2.05, 4.69) is 21.7 Å². The molecule has 10 heteroatoms. The van der Waals surface area contributed by atoms with Gasteiger partial charge < -0.3 is 9.09 Å². The Kier molecular flexibility index (Phi) is 4.15. The lowest BCUT2D eigenvalue weighted by Gasteiger charge is -2.02. The van der Waals surface area contributed by atoms with Gasteiger partial charge in [0.1, 0.15) is 11.0 Å². The van der Waals surface area contributed by atoms with Crippen LogP contribution in [0.25, 0.3) is 21.1 Å². The van der Waals surface area contributed by atoms with Crippen LogP contribution in [0, 0.1) is 3.95 Å². The van der Waals surface area contributed by atoms with Crippen LogP contribution in [0.2, 0.25) is 0 Å². The largest absolute Gasteiger partial charge is 0.333 e. The van der Waals surface area contributed by atoms with Gasteiger partial charge in [-0.3, -0.25) is 9.36 Å². The van der Waals surface area contributed by atoms with Crippen LogP contribution in [-0.4, -0.2) is 24.3 Å². The molecule has 0 aliphatic heterocycles. The van der Waals surface area contributed by atoms with Gasteiger partial charge in [0.25, 0.3) is 11.4 Å². The summed E-state index contributed by atoms with van der Waals surface area (Å²) in [6.45, 7) is 4.40. The molecule has 4 aromatic heterocycles. The predicted octanol–water partition coefficient (Wildman–Crippen LogP) is 3.33. The van der Waals surface area contributed by atoms with Crippen molar-refractivity contribution in [2.45, 2.75) is 13.1 Å². The minimum absolute atomic E-state index is 0.175. The minimum atomic E-state index is -0.175. The van der Waals surface area contributed by atoms with Gasteiger partial charge in [-0.25, -0.2) is 4.98 Å². The molecule has 0 atom stereocenters. The number of thiazole rings is 1. The van der Waals surface area contributed by atoms with Gasteiger partial charge in [0.05, 0.1) is 11.4 Å². The maximum absolute atomic E-state index is 12.7. The van der Waals surface area contributed by atoms with E-state index in [4.69, 9.17) is 16.7 Å². The second kappa shape index (κ2) is 6.47. The number of allylic oxidation sites excluding steroid dienone is 1. The maximum Gasteiger partial charge on any atom is 0.273 e. The molecular weight excluding hydrogens is 378 g/mol. The average molecular weight is 389 g/mol. The average Bonchev–Trinajstić information content (AvgIpc) is 3.32. The lowest BCUT2D eigenvalue weighted by molar-refractivity contribution is 0.421. The monoisotopic (exact) mass is 389 g/mol.